The molecule has 3 aromatic carbocycles. The van der Waals surface area contributed by atoms with E-state index in [1.165, 1.54) is 31.3 Å². The lowest BCUT2D eigenvalue weighted by Gasteiger charge is -2.33. The van der Waals surface area contributed by atoms with Gasteiger partial charge in [-0.3, -0.25) is 14.3 Å². The maximum atomic E-state index is 13.7. The zero-order chi connectivity index (χ0) is 30.3. The van der Waals surface area contributed by atoms with Crippen LogP contribution in [0.1, 0.15) is 52.1 Å². The van der Waals surface area contributed by atoms with E-state index in [2.05, 4.69) is 15.0 Å². The minimum absolute atomic E-state index is 0.134. The van der Waals surface area contributed by atoms with Crippen molar-refractivity contribution in [1.82, 2.24) is 15.2 Å². The average molecular weight is 603 g/mol. The normalized spacial score (nSPS) is 15.6. The number of carbonyl (C=O) groups is 2. The van der Waals surface area contributed by atoms with E-state index in [9.17, 15) is 22.4 Å². The lowest BCUT2D eigenvalue weighted by molar-refractivity contribution is 0.0702. The summed E-state index contributed by atoms with van der Waals surface area (Å²) in [6.07, 6.45) is 1.42. The molecular weight excluding hydrogens is 571 g/mol. The molecule has 9 nitrogen and oxygen atoms in total. The zero-order valence-corrected chi connectivity index (χ0v) is 24.6. The Labute approximate surface area is 248 Å². The minimum atomic E-state index is -3.67. The van der Waals surface area contributed by atoms with Gasteiger partial charge in [0.05, 0.1) is 17.0 Å². The van der Waals surface area contributed by atoms with Crippen LogP contribution in [0.25, 0.3) is 33.2 Å². The van der Waals surface area contributed by atoms with Gasteiger partial charge in [0.15, 0.2) is 0 Å². The zero-order valence-electron chi connectivity index (χ0n) is 23.7. The van der Waals surface area contributed by atoms with Crippen LogP contribution in [0.5, 0.6) is 0 Å². The van der Waals surface area contributed by atoms with Crippen molar-refractivity contribution in [3.05, 3.63) is 89.4 Å². The number of sulfonamides is 1. The molecule has 11 heteroatoms. The van der Waals surface area contributed by atoms with Crippen LogP contribution in [0.3, 0.4) is 0 Å². The molecule has 2 amide bonds. The number of furan rings is 1. The number of aromatic nitrogens is 1. The largest absolute Gasteiger partial charge is 0.455 e. The molecule has 0 radical (unpaired) electrons. The van der Waals surface area contributed by atoms with E-state index in [4.69, 9.17) is 4.42 Å². The summed E-state index contributed by atoms with van der Waals surface area (Å²) in [6.45, 7) is 2.47. The molecule has 0 aliphatic carbocycles. The van der Waals surface area contributed by atoms with Crippen molar-refractivity contribution in [2.75, 3.05) is 30.6 Å². The van der Waals surface area contributed by atoms with Gasteiger partial charge in [0, 0.05) is 54.0 Å². The molecule has 0 saturated carbocycles. The van der Waals surface area contributed by atoms with Crippen LogP contribution in [0.4, 0.5) is 10.1 Å². The Morgan fingerprint density at radius 1 is 1.09 bits per heavy atom. The van der Waals surface area contributed by atoms with Gasteiger partial charge < -0.3 is 19.6 Å². The van der Waals surface area contributed by atoms with E-state index in [0.717, 1.165) is 10.9 Å². The summed E-state index contributed by atoms with van der Waals surface area (Å²) < 4.78 is 48.0. The van der Waals surface area contributed by atoms with Gasteiger partial charge in [-0.25, -0.2) is 12.8 Å². The summed E-state index contributed by atoms with van der Waals surface area (Å²) in [4.78, 5) is 31.7. The first-order chi connectivity index (χ1) is 20.7. The van der Waals surface area contributed by atoms with Crippen LogP contribution >= 0.6 is 0 Å². The van der Waals surface area contributed by atoms with E-state index in [1.54, 1.807) is 24.0 Å². The van der Waals surface area contributed by atoms with Crippen molar-refractivity contribution in [2.24, 2.45) is 0 Å². The molecule has 3 N–H and O–H groups in total. The lowest BCUT2D eigenvalue weighted by atomic mass is 9.88. The third-order valence-electron chi connectivity index (χ3n) is 7.97. The fraction of sp³-hybridized carbons (Fsp3) is 0.250. The number of carbonyl (C=O) groups excluding carboxylic acids is 2. The van der Waals surface area contributed by atoms with Gasteiger partial charge in [-0.1, -0.05) is 18.2 Å². The van der Waals surface area contributed by atoms with E-state index < -0.39 is 21.7 Å². The summed E-state index contributed by atoms with van der Waals surface area (Å²) in [5.41, 5.74) is 3.43. The SMILES string of the molecule is CCS(=O)(=O)Nc1cc2oc(-c3ccc(F)cc3)c(C(=O)NC)c2cc1C1CCCN(C(=O)c2cc3ccccc3[nH]2)C1. The van der Waals surface area contributed by atoms with Crippen molar-refractivity contribution in [3.8, 4) is 11.3 Å². The van der Waals surface area contributed by atoms with Crippen LogP contribution in [0, 0.1) is 5.82 Å². The number of anilines is 1. The molecule has 3 heterocycles. The number of likely N-dealkylation sites (tertiary alicyclic amines) is 1. The molecule has 1 aliphatic heterocycles. The highest BCUT2D eigenvalue weighted by molar-refractivity contribution is 7.92. The number of hydrogen-bond acceptors (Lipinski definition) is 5. The van der Waals surface area contributed by atoms with Crippen molar-refractivity contribution in [3.63, 3.8) is 0 Å². The molecule has 5 aromatic rings. The molecule has 1 aliphatic rings. The van der Waals surface area contributed by atoms with E-state index in [-0.39, 0.29) is 28.9 Å². The predicted octanol–water partition coefficient (Wildman–Crippen LogP) is 5.86. The van der Waals surface area contributed by atoms with Gasteiger partial charge in [-0.05, 0) is 67.8 Å². The standard InChI is InChI=1S/C32H31FN4O5S/c1-3-43(40,41)36-26-17-28-24(29(31(38)34-2)30(42-28)19-10-12-22(33)13-11-19)16-23(26)21-8-6-14-37(18-21)32(39)27-15-20-7-4-5-9-25(20)35-27/h4-5,7,9-13,15-17,21,35-36H,3,6,8,14,18H2,1-2H3,(H,34,38). The van der Waals surface area contributed by atoms with Gasteiger partial charge in [0.25, 0.3) is 11.8 Å². The number of hydrogen-bond donors (Lipinski definition) is 3. The maximum absolute atomic E-state index is 13.7. The van der Waals surface area contributed by atoms with Gasteiger partial charge in [-0.15, -0.1) is 0 Å². The summed E-state index contributed by atoms with van der Waals surface area (Å²) in [7, 11) is -2.16. The van der Waals surface area contributed by atoms with Gasteiger partial charge in [0.1, 0.15) is 22.9 Å². The van der Waals surface area contributed by atoms with Gasteiger partial charge in [0.2, 0.25) is 10.0 Å². The smallest absolute Gasteiger partial charge is 0.270 e. The summed E-state index contributed by atoms with van der Waals surface area (Å²) in [5, 5.41) is 4.09. The lowest BCUT2D eigenvalue weighted by Crippen LogP contribution is -2.39. The predicted molar refractivity (Wildman–Crippen MR) is 164 cm³/mol. The van der Waals surface area contributed by atoms with E-state index in [0.29, 0.717) is 59.4 Å². The van der Waals surface area contributed by atoms with Crippen molar-refractivity contribution in [1.29, 1.82) is 0 Å². The Morgan fingerprint density at radius 3 is 2.58 bits per heavy atom. The molecule has 0 spiro atoms. The Kier molecular flexibility index (Phi) is 7.43. The second-order valence-electron chi connectivity index (χ2n) is 10.7. The first-order valence-corrected chi connectivity index (χ1v) is 15.8. The topological polar surface area (TPSA) is 125 Å². The Balaban J connectivity index is 1.44. The Hall–Kier alpha value is -4.64. The number of nitrogens with zero attached hydrogens (tertiary/aromatic N) is 1. The van der Waals surface area contributed by atoms with E-state index in [1.807, 2.05) is 30.3 Å². The second-order valence-corrected chi connectivity index (χ2v) is 12.7. The van der Waals surface area contributed by atoms with Crippen molar-refractivity contribution in [2.45, 2.75) is 25.7 Å². The number of aromatic amines is 1. The number of piperidine rings is 1. The Morgan fingerprint density at radius 2 is 1.86 bits per heavy atom. The highest BCUT2D eigenvalue weighted by Crippen LogP contribution is 2.41. The van der Waals surface area contributed by atoms with Crippen LogP contribution < -0.4 is 10.0 Å². The highest BCUT2D eigenvalue weighted by Gasteiger charge is 2.31. The summed E-state index contributed by atoms with van der Waals surface area (Å²) in [5.74, 6) is -1.07. The van der Waals surface area contributed by atoms with Crippen LogP contribution in [0.15, 0.2) is 71.1 Å². The monoisotopic (exact) mass is 602 g/mol. The van der Waals surface area contributed by atoms with Crippen LogP contribution in [-0.4, -0.2) is 56.0 Å². The summed E-state index contributed by atoms with van der Waals surface area (Å²) in [6, 6.07) is 18.5. The number of rotatable bonds is 7. The number of para-hydroxylation sites is 1. The first-order valence-electron chi connectivity index (χ1n) is 14.1. The highest BCUT2D eigenvalue weighted by atomic mass is 32.2. The number of fused-ring (bicyclic) bond motifs is 2. The van der Waals surface area contributed by atoms with Gasteiger partial charge >= 0.3 is 0 Å². The third-order valence-corrected chi connectivity index (χ3v) is 9.27. The number of amides is 2. The number of H-pyrrole nitrogens is 1. The number of nitrogens with one attached hydrogen (secondary N) is 3. The van der Waals surface area contributed by atoms with Crippen molar-refractivity contribution < 1.29 is 26.8 Å². The fourth-order valence-electron chi connectivity index (χ4n) is 5.75. The Bertz CT molecular complexity index is 1930. The molecule has 2 aromatic heterocycles. The van der Waals surface area contributed by atoms with Crippen LogP contribution in [0.2, 0.25) is 0 Å². The average Bonchev–Trinajstić information content (AvgIpc) is 3.62. The molecular formula is C32H31FN4O5S. The number of halogens is 1. The molecule has 1 unspecified atom stereocenters. The summed E-state index contributed by atoms with van der Waals surface area (Å²) >= 11 is 0. The fourth-order valence-corrected chi connectivity index (χ4v) is 6.41. The number of benzene rings is 3. The quantitative estimate of drug-likeness (QED) is 0.215. The minimum Gasteiger partial charge on any atom is -0.455 e. The first kappa shape index (κ1) is 28.5. The second kappa shape index (κ2) is 11.2. The van der Waals surface area contributed by atoms with Crippen molar-refractivity contribution >= 4 is 49.4 Å². The molecule has 1 saturated heterocycles. The van der Waals surface area contributed by atoms with Gasteiger partial charge in [-0.2, -0.15) is 0 Å². The maximum Gasteiger partial charge on any atom is 0.270 e. The molecule has 1 atom stereocenters. The molecule has 0 bridgehead atoms. The third kappa shape index (κ3) is 5.48. The molecule has 222 valence electrons. The van der Waals surface area contributed by atoms with Crippen LogP contribution in [-0.2, 0) is 10.0 Å². The molecule has 6 rings (SSSR count). The molecule has 43 heavy (non-hydrogen) atoms. The molecule has 1 fully saturated rings. The van der Waals surface area contributed by atoms with E-state index >= 15 is 0 Å².